The van der Waals surface area contributed by atoms with Crippen LogP contribution in [0.15, 0.2) is 0 Å². The monoisotopic (exact) mass is 211 g/mol. The Balaban J connectivity index is -0.00000000500. The summed E-state index contributed by atoms with van der Waals surface area (Å²) in [4.78, 5) is 0. The second-order valence-corrected chi connectivity index (χ2v) is 0. The second kappa shape index (κ2) is 1430. The van der Waals surface area contributed by atoms with Gasteiger partial charge in [0.15, 0.2) is 0 Å². The minimum Gasteiger partial charge on any atom is 0 e. The van der Waals surface area contributed by atoms with Gasteiger partial charge in [-0.05, 0) is 0 Å². The molecule has 0 spiro atoms. The zero-order valence-electron chi connectivity index (χ0n) is 4.92. The Morgan fingerprint density at radius 3 is 0.417 bits per heavy atom. The van der Waals surface area contributed by atoms with Crippen LogP contribution in [0, 0.1) is 33.3 Å². The molecule has 0 amide bonds. The van der Waals surface area contributed by atoms with E-state index in [1.165, 1.54) is 0 Å². The molecule has 0 atom stereocenters. The molecule has 65 valence electrons. The first-order valence-electron chi connectivity index (χ1n) is 1.02. The van der Waals surface area contributed by atoms with Crippen LogP contribution in [-0.4, -0.2) is 0 Å². The van der Waals surface area contributed by atoms with Gasteiger partial charge in [0.1, 0.15) is 0 Å². The first-order chi connectivity index (χ1) is 5.00. The summed E-state index contributed by atoms with van der Waals surface area (Å²) in [6, 6.07) is 0. The van der Waals surface area contributed by atoms with Crippen LogP contribution in [-0.2, 0) is 40.3 Å². The largest absolute Gasteiger partial charge is 0 e. The minimum atomic E-state index is 0. The Labute approximate surface area is 81.6 Å². The maximum absolute atomic E-state index is 7.50. The average Bonchev–Trinajstić information content (AvgIpc) is 2.20. The van der Waals surface area contributed by atoms with Gasteiger partial charge < -0.3 is 0 Å². The van der Waals surface area contributed by atoms with Gasteiger partial charge in [-0.15, -0.1) is 0 Å². The molecule has 0 aliphatic heterocycles. The van der Waals surface area contributed by atoms with Gasteiger partial charge >= 0.3 is 56.5 Å². The zero-order valence-corrected chi connectivity index (χ0v) is 6.10. The summed E-state index contributed by atoms with van der Waals surface area (Å²) in [5.41, 5.74) is 0. The van der Waals surface area contributed by atoms with Crippen LogP contribution in [0.1, 0.15) is 7.43 Å². The van der Waals surface area contributed by atoms with Gasteiger partial charge in [0, 0.05) is 17.1 Å². The molecule has 5 nitrogen and oxygen atoms in total. The van der Waals surface area contributed by atoms with Gasteiger partial charge in [0.25, 0.3) is 0 Å². The molecule has 0 aromatic rings. The number of hydrogen-bond acceptors (Lipinski definition) is 0. The summed E-state index contributed by atoms with van der Waals surface area (Å²) in [7, 11) is 0. The molecule has 0 fully saturated rings. The third kappa shape index (κ3) is 1020. The van der Waals surface area contributed by atoms with Crippen molar-refractivity contribution in [3.63, 3.8) is 0 Å². The molecule has 0 unspecified atom stereocenters. The van der Waals surface area contributed by atoms with Crippen molar-refractivity contribution >= 4 is 0 Å². The zero-order chi connectivity index (χ0) is 10.0. The van der Waals surface area contributed by atoms with E-state index in [1.807, 2.05) is 0 Å². The average molecular weight is 211 g/mol. The van der Waals surface area contributed by atoms with Crippen molar-refractivity contribution in [3.05, 3.63) is 33.3 Å². The first kappa shape index (κ1) is 65.8. The van der Waals surface area contributed by atoms with Gasteiger partial charge in [-0.3, -0.25) is 0 Å². The molecule has 0 aliphatic carbocycles. The topological polar surface area (TPSA) is 99.5 Å². The van der Waals surface area contributed by atoms with Crippen molar-refractivity contribution in [3.8, 4) is 0 Å². The van der Waals surface area contributed by atoms with E-state index in [-0.39, 0.29) is 24.5 Å². The molecule has 0 bridgehead atoms. The van der Waals surface area contributed by atoms with Crippen molar-refractivity contribution < 1.29 is 40.3 Å². The Kier molecular flexibility index (Phi) is 7820. The molecule has 6 heteroatoms. The van der Waals surface area contributed by atoms with Crippen LogP contribution in [0.4, 0.5) is 0 Å². The summed E-state index contributed by atoms with van der Waals surface area (Å²) in [6.07, 6.45) is 0. The van der Waals surface area contributed by atoms with Gasteiger partial charge in [0.2, 0.25) is 0 Å². The maximum Gasteiger partial charge on any atom is 0 e. The minimum absolute atomic E-state index is 0. The predicted octanol–water partition coefficient (Wildman–Crippen LogP) is 0.446. The quantitative estimate of drug-likeness (QED) is 0.315. The van der Waals surface area contributed by atoms with Crippen molar-refractivity contribution in [1.82, 2.24) is 0 Å². The van der Waals surface area contributed by atoms with E-state index in [2.05, 4.69) is 33.3 Å². The second-order valence-electron chi connectivity index (χ2n) is 0. The molecule has 0 rings (SSSR count). The van der Waals surface area contributed by atoms with Crippen LogP contribution in [0.2, 0.25) is 0 Å². The molecular formula is C6H4MnO5. The standard InChI is InChI=1S/5CO.CH4.Mn/c5*1-2;;/h;;;;;1H4;. The van der Waals surface area contributed by atoms with E-state index in [4.69, 9.17) is 23.3 Å². The molecule has 12 heavy (non-hydrogen) atoms. The fourth-order valence-electron chi connectivity index (χ4n) is 0. The normalized spacial score (nSPS) is 0.833. The fraction of sp³-hybridized carbons (Fsp3) is 0.167. The molecule has 0 saturated carbocycles. The van der Waals surface area contributed by atoms with Crippen LogP contribution >= 0.6 is 0 Å². The van der Waals surface area contributed by atoms with Crippen LogP contribution in [0.3, 0.4) is 0 Å². The third-order valence-electron chi connectivity index (χ3n) is 0. The van der Waals surface area contributed by atoms with Crippen molar-refractivity contribution in [1.29, 1.82) is 0 Å². The van der Waals surface area contributed by atoms with Crippen LogP contribution in [0.25, 0.3) is 0 Å². The van der Waals surface area contributed by atoms with E-state index < -0.39 is 0 Å². The molecular weight excluding hydrogens is 207 g/mol. The third-order valence-corrected chi connectivity index (χ3v) is 0. The van der Waals surface area contributed by atoms with Crippen molar-refractivity contribution in [2.75, 3.05) is 0 Å². The van der Waals surface area contributed by atoms with E-state index in [0.717, 1.165) is 0 Å². The van der Waals surface area contributed by atoms with Gasteiger partial charge in [-0.2, -0.15) is 0 Å². The van der Waals surface area contributed by atoms with Gasteiger partial charge in [-0.25, -0.2) is 0 Å². The molecule has 0 N–H and O–H groups in total. The van der Waals surface area contributed by atoms with Crippen LogP contribution in [0.5, 0.6) is 0 Å². The molecule has 1 radical (unpaired) electrons. The molecule has 0 aromatic heterocycles. The smallest absolute Gasteiger partial charge is 0 e. The van der Waals surface area contributed by atoms with Crippen molar-refractivity contribution in [2.45, 2.75) is 7.43 Å². The predicted molar refractivity (Wildman–Crippen MR) is 26.4 cm³/mol. The van der Waals surface area contributed by atoms with E-state index >= 15 is 0 Å². The van der Waals surface area contributed by atoms with E-state index in [9.17, 15) is 0 Å². The number of rotatable bonds is 0. The Hall–Kier alpha value is -0.781. The SMILES string of the molecule is C.[C-]#[O+].[C-]#[O+].[C-]#[O+].[C-]#[O+].[C-]#[O+].[Mn]. The molecule has 0 heterocycles. The van der Waals surface area contributed by atoms with Crippen LogP contribution < -0.4 is 0 Å². The first-order valence-corrected chi connectivity index (χ1v) is 1.02. The summed E-state index contributed by atoms with van der Waals surface area (Å²) < 4.78 is 37.5. The van der Waals surface area contributed by atoms with Gasteiger partial charge in [0.05, 0.1) is 0 Å². The molecule has 0 aromatic carbocycles. The molecule has 0 saturated heterocycles. The number of hydrogen-bond donors (Lipinski definition) is 0. The van der Waals surface area contributed by atoms with E-state index in [1.54, 1.807) is 0 Å². The summed E-state index contributed by atoms with van der Waals surface area (Å²) in [5, 5.41) is 0. The summed E-state index contributed by atoms with van der Waals surface area (Å²) in [5.74, 6) is 0. The maximum atomic E-state index is 7.50. The molecule has 0 aliphatic rings. The summed E-state index contributed by atoms with van der Waals surface area (Å²) >= 11 is 0. The Bertz CT molecular complexity index is 74.5. The Morgan fingerprint density at radius 1 is 0.417 bits per heavy atom. The summed E-state index contributed by atoms with van der Waals surface area (Å²) in [6.45, 7) is 22.5. The Morgan fingerprint density at radius 2 is 0.417 bits per heavy atom. The van der Waals surface area contributed by atoms with Crippen molar-refractivity contribution in [2.24, 2.45) is 0 Å². The fourth-order valence-corrected chi connectivity index (χ4v) is 0. The van der Waals surface area contributed by atoms with Gasteiger partial charge in [-0.1, -0.05) is 7.43 Å². The van der Waals surface area contributed by atoms with E-state index in [0.29, 0.717) is 0 Å².